The highest BCUT2D eigenvalue weighted by molar-refractivity contribution is 5.95. The van der Waals surface area contributed by atoms with Crippen LogP contribution in [0.25, 0.3) is 0 Å². The van der Waals surface area contributed by atoms with Gasteiger partial charge in [0.15, 0.2) is 11.5 Å². The van der Waals surface area contributed by atoms with Crippen LogP contribution in [0, 0.1) is 6.92 Å². The zero-order valence-electron chi connectivity index (χ0n) is 10.1. The zero-order valence-corrected chi connectivity index (χ0v) is 10.1. The van der Waals surface area contributed by atoms with Crippen LogP contribution < -0.4 is 5.43 Å². The van der Waals surface area contributed by atoms with Gasteiger partial charge in [-0.3, -0.25) is 4.79 Å². The molecule has 0 unspecified atom stereocenters. The Hall–Kier alpha value is -2.76. The molecule has 0 atom stereocenters. The highest BCUT2D eigenvalue weighted by atomic mass is 16.3. The van der Waals surface area contributed by atoms with E-state index in [0.717, 1.165) is 11.8 Å². The monoisotopic (exact) mass is 260 g/mol. The summed E-state index contributed by atoms with van der Waals surface area (Å²) in [6, 6.07) is 7.25. The minimum Gasteiger partial charge on any atom is -0.504 e. The molecule has 1 aromatic heterocycles. The second kappa shape index (κ2) is 5.26. The van der Waals surface area contributed by atoms with E-state index in [1.54, 1.807) is 19.1 Å². The van der Waals surface area contributed by atoms with E-state index in [9.17, 15) is 9.90 Å². The second-order valence-corrected chi connectivity index (χ2v) is 3.85. The summed E-state index contributed by atoms with van der Waals surface area (Å²) in [7, 11) is 0. The molecule has 0 saturated heterocycles. The van der Waals surface area contributed by atoms with Crippen LogP contribution in [0.1, 0.15) is 21.9 Å². The highest BCUT2D eigenvalue weighted by Crippen LogP contribution is 2.24. The molecule has 0 aliphatic carbocycles. The van der Waals surface area contributed by atoms with Gasteiger partial charge in [-0.2, -0.15) is 5.10 Å². The summed E-state index contributed by atoms with van der Waals surface area (Å²) >= 11 is 0. The molecule has 0 bridgehead atoms. The molecule has 3 N–H and O–H groups in total. The van der Waals surface area contributed by atoms with E-state index >= 15 is 0 Å². The summed E-state index contributed by atoms with van der Waals surface area (Å²) < 4.78 is 5.23. The van der Waals surface area contributed by atoms with Crippen LogP contribution in [-0.4, -0.2) is 22.3 Å². The Labute approximate surface area is 109 Å². The topological polar surface area (TPSA) is 95.1 Å². The van der Waals surface area contributed by atoms with E-state index in [-0.39, 0.29) is 17.1 Å². The molecule has 2 rings (SSSR count). The van der Waals surface area contributed by atoms with Gasteiger partial charge in [0.1, 0.15) is 11.5 Å². The van der Waals surface area contributed by atoms with Crippen molar-refractivity contribution in [1.82, 2.24) is 5.43 Å². The fourth-order valence-electron chi connectivity index (χ4n) is 1.41. The Morgan fingerprint density at radius 3 is 2.68 bits per heavy atom. The van der Waals surface area contributed by atoms with Crippen molar-refractivity contribution in [3.05, 3.63) is 47.4 Å². The Kier molecular flexibility index (Phi) is 3.51. The molecule has 6 nitrogen and oxygen atoms in total. The first-order chi connectivity index (χ1) is 9.06. The lowest BCUT2D eigenvalue weighted by Gasteiger charge is -2.01. The number of rotatable bonds is 3. The molecule has 0 spiro atoms. The molecule has 98 valence electrons. The average Bonchev–Trinajstić information content (AvgIpc) is 2.78. The smallest absolute Gasteiger partial charge is 0.271 e. The predicted octanol–water partition coefficient (Wildman–Crippen LogP) is 1.76. The van der Waals surface area contributed by atoms with E-state index in [1.807, 2.05) is 0 Å². The van der Waals surface area contributed by atoms with Gasteiger partial charge < -0.3 is 14.6 Å². The number of carbonyl (C=O) groups excluding carboxylic acids is 1. The number of aromatic hydroxyl groups is 2. The Morgan fingerprint density at radius 2 is 2.05 bits per heavy atom. The van der Waals surface area contributed by atoms with Crippen LogP contribution in [0.15, 0.2) is 39.9 Å². The Morgan fingerprint density at radius 1 is 1.26 bits per heavy atom. The number of phenolic OH excluding ortho intramolecular Hbond substituents is 2. The third-order valence-electron chi connectivity index (χ3n) is 2.36. The minimum atomic E-state index is -0.505. The van der Waals surface area contributed by atoms with Crippen molar-refractivity contribution < 1.29 is 19.4 Å². The van der Waals surface area contributed by atoms with Gasteiger partial charge in [-0.05, 0) is 37.3 Å². The summed E-state index contributed by atoms with van der Waals surface area (Å²) in [6.07, 6.45) is 1.37. The van der Waals surface area contributed by atoms with Gasteiger partial charge in [-0.25, -0.2) is 5.43 Å². The number of amides is 1. The maximum absolute atomic E-state index is 11.7. The van der Waals surface area contributed by atoms with Crippen LogP contribution in [0.4, 0.5) is 0 Å². The molecule has 0 fully saturated rings. The minimum absolute atomic E-state index is 0.183. The fraction of sp³-hybridized carbons (Fsp3) is 0.0769. The molecule has 0 aliphatic rings. The lowest BCUT2D eigenvalue weighted by Crippen LogP contribution is -2.17. The largest absolute Gasteiger partial charge is 0.504 e. The van der Waals surface area contributed by atoms with Crippen molar-refractivity contribution in [3.8, 4) is 11.5 Å². The number of hydrogen-bond donors (Lipinski definition) is 3. The van der Waals surface area contributed by atoms with Gasteiger partial charge in [0.2, 0.25) is 0 Å². The molecule has 6 heteroatoms. The van der Waals surface area contributed by atoms with Crippen LogP contribution in [0.3, 0.4) is 0 Å². The van der Waals surface area contributed by atoms with Crippen LogP contribution in [0.2, 0.25) is 0 Å². The van der Waals surface area contributed by atoms with Gasteiger partial charge in [0.25, 0.3) is 5.91 Å². The second-order valence-electron chi connectivity index (χ2n) is 3.85. The van der Waals surface area contributed by atoms with E-state index in [0.29, 0.717) is 5.76 Å². The summed E-state index contributed by atoms with van der Waals surface area (Å²) in [6.45, 7) is 1.80. The number of aryl methyl sites for hydroxylation is 1. The zero-order chi connectivity index (χ0) is 13.8. The van der Waals surface area contributed by atoms with Crippen molar-refractivity contribution >= 4 is 12.1 Å². The molecule has 1 amide bonds. The van der Waals surface area contributed by atoms with E-state index in [2.05, 4.69) is 10.5 Å². The quantitative estimate of drug-likeness (QED) is 0.445. The summed E-state index contributed by atoms with van der Waals surface area (Å²) in [5, 5.41) is 22.1. The molecule has 0 radical (unpaired) electrons. The molecular weight excluding hydrogens is 248 g/mol. The number of furan rings is 1. The third kappa shape index (κ3) is 3.12. The number of nitrogens with one attached hydrogen (secondary N) is 1. The maximum atomic E-state index is 11.7. The van der Waals surface area contributed by atoms with Crippen LogP contribution >= 0.6 is 0 Å². The summed E-state index contributed by atoms with van der Waals surface area (Å²) in [4.78, 5) is 11.7. The van der Waals surface area contributed by atoms with Crippen molar-refractivity contribution in [2.45, 2.75) is 6.92 Å². The molecule has 2 aromatic rings. The average molecular weight is 260 g/mol. The fourth-order valence-corrected chi connectivity index (χ4v) is 1.41. The predicted molar refractivity (Wildman–Crippen MR) is 68.3 cm³/mol. The first-order valence-corrected chi connectivity index (χ1v) is 5.48. The van der Waals surface area contributed by atoms with Crippen molar-refractivity contribution in [2.24, 2.45) is 5.10 Å². The molecule has 1 aromatic carbocycles. The molecule has 0 aliphatic heterocycles. The number of carbonyl (C=O) groups is 1. The number of nitrogens with zero attached hydrogens (tertiary/aromatic N) is 1. The normalized spacial score (nSPS) is 10.8. The third-order valence-corrected chi connectivity index (χ3v) is 2.36. The van der Waals surface area contributed by atoms with Gasteiger partial charge in [-0.15, -0.1) is 0 Å². The molecule has 0 saturated carbocycles. The lowest BCUT2D eigenvalue weighted by molar-refractivity contribution is 0.0954. The number of hydrogen-bond acceptors (Lipinski definition) is 5. The first kappa shape index (κ1) is 12.7. The molecule has 1 heterocycles. The van der Waals surface area contributed by atoms with Crippen molar-refractivity contribution in [2.75, 3.05) is 0 Å². The van der Waals surface area contributed by atoms with Gasteiger partial charge in [-0.1, -0.05) is 0 Å². The van der Waals surface area contributed by atoms with Gasteiger partial charge in [0, 0.05) is 5.56 Å². The number of hydrazone groups is 1. The Balaban J connectivity index is 2.01. The van der Waals surface area contributed by atoms with Gasteiger partial charge in [0.05, 0.1) is 6.21 Å². The molecular formula is C13H12N2O4. The van der Waals surface area contributed by atoms with E-state index in [4.69, 9.17) is 9.52 Å². The molecule has 19 heavy (non-hydrogen) atoms. The Bertz CT molecular complexity index is 631. The van der Waals surface area contributed by atoms with Crippen LogP contribution in [0.5, 0.6) is 11.5 Å². The summed E-state index contributed by atoms with van der Waals surface area (Å²) in [5.74, 6) is 0.113. The standard InChI is InChI=1S/C13H12N2O4/c1-8-2-4-10(19-8)7-14-15-13(18)9-3-5-11(16)12(17)6-9/h2-7,16-17H,1H3,(H,15,18)/b14-7+. The van der Waals surface area contributed by atoms with Gasteiger partial charge >= 0.3 is 0 Å². The van der Waals surface area contributed by atoms with Crippen molar-refractivity contribution in [3.63, 3.8) is 0 Å². The highest BCUT2D eigenvalue weighted by Gasteiger charge is 2.07. The first-order valence-electron chi connectivity index (χ1n) is 5.48. The maximum Gasteiger partial charge on any atom is 0.271 e. The number of benzene rings is 1. The van der Waals surface area contributed by atoms with Crippen LogP contribution in [-0.2, 0) is 0 Å². The summed E-state index contributed by atoms with van der Waals surface area (Å²) in [5.41, 5.74) is 2.46. The number of phenols is 2. The SMILES string of the molecule is Cc1ccc(/C=N/NC(=O)c2ccc(O)c(O)c2)o1. The lowest BCUT2D eigenvalue weighted by atomic mass is 10.2. The van der Waals surface area contributed by atoms with Crippen molar-refractivity contribution in [1.29, 1.82) is 0 Å². The van der Waals surface area contributed by atoms with E-state index < -0.39 is 5.91 Å². The van der Waals surface area contributed by atoms with E-state index in [1.165, 1.54) is 18.3 Å².